The van der Waals surface area contributed by atoms with Crippen LogP contribution in [0.5, 0.6) is 0 Å². The molecule has 1 atom stereocenters. The van der Waals surface area contributed by atoms with E-state index in [1.165, 1.54) is 0 Å². The molecule has 0 aliphatic carbocycles. The van der Waals surface area contributed by atoms with Gasteiger partial charge in [0, 0.05) is 24.1 Å². The molecule has 1 aliphatic heterocycles. The molecule has 0 radical (unpaired) electrons. The molecule has 3 aromatic rings. The second-order valence-electron chi connectivity index (χ2n) is 7.53. The summed E-state index contributed by atoms with van der Waals surface area (Å²) in [6.07, 6.45) is 0.439. The fourth-order valence-corrected chi connectivity index (χ4v) is 3.27. The van der Waals surface area contributed by atoms with Crippen molar-refractivity contribution < 1.29 is 18.8 Å². The Bertz CT molecular complexity index is 1150. The molecule has 0 saturated carbocycles. The summed E-state index contributed by atoms with van der Waals surface area (Å²) in [4.78, 5) is 36.0. The standard InChI is InChI=1S/C22H21N5O4/c1-13-6-8-14(9-7-13)19-27-26-18(31-19)11-10-17(28)23-16-5-3-4-15(12-16)22(2)20(29)24-21(30)25-22/h3-9,12H,10-11H2,1-2H3,(H,23,28)(H2,24,25,29,30). The van der Waals surface area contributed by atoms with Crippen LogP contribution < -0.4 is 16.0 Å². The minimum Gasteiger partial charge on any atom is -0.421 e. The highest BCUT2D eigenvalue weighted by Gasteiger charge is 2.43. The molecule has 2 aromatic carbocycles. The smallest absolute Gasteiger partial charge is 0.322 e. The summed E-state index contributed by atoms with van der Waals surface area (Å²) in [6, 6.07) is 14.0. The number of aryl methyl sites for hydroxylation is 2. The summed E-state index contributed by atoms with van der Waals surface area (Å²) in [5.74, 6) is 0.101. The maximum atomic E-state index is 12.4. The summed E-state index contributed by atoms with van der Waals surface area (Å²) in [5, 5.41) is 15.7. The van der Waals surface area contributed by atoms with E-state index in [1.807, 2.05) is 31.2 Å². The summed E-state index contributed by atoms with van der Waals surface area (Å²) in [5.41, 5.74) is 1.85. The van der Waals surface area contributed by atoms with Gasteiger partial charge in [0.05, 0.1) is 0 Å². The molecule has 158 valence electrons. The number of anilines is 1. The summed E-state index contributed by atoms with van der Waals surface area (Å²) in [6.45, 7) is 3.60. The maximum absolute atomic E-state index is 12.4. The van der Waals surface area contributed by atoms with Crippen LogP contribution in [-0.2, 0) is 21.5 Å². The van der Waals surface area contributed by atoms with Crippen LogP contribution in [0.15, 0.2) is 52.9 Å². The monoisotopic (exact) mass is 419 g/mol. The number of rotatable bonds is 6. The number of hydrogen-bond donors (Lipinski definition) is 3. The fourth-order valence-electron chi connectivity index (χ4n) is 3.27. The molecule has 1 fully saturated rings. The van der Waals surface area contributed by atoms with Crippen LogP contribution in [0.3, 0.4) is 0 Å². The van der Waals surface area contributed by atoms with Crippen molar-refractivity contribution in [3.8, 4) is 11.5 Å². The van der Waals surface area contributed by atoms with Gasteiger partial charge in [-0.1, -0.05) is 29.8 Å². The van der Waals surface area contributed by atoms with Crippen molar-refractivity contribution in [2.24, 2.45) is 0 Å². The van der Waals surface area contributed by atoms with E-state index in [4.69, 9.17) is 4.42 Å². The van der Waals surface area contributed by atoms with E-state index >= 15 is 0 Å². The first-order valence-electron chi connectivity index (χ1n) is 9.77. The van der Waals surface area contributed by atoms with Crippen LogP contribution in [0.1, 0.15) is 30.4 Å². The Labute approximate surface area is 178 Å². The van der Waals surface area contributed by atoms with E-state index in [0.717, 1.165) is 11.1 Å². The molecule has 4 rings (SSSR count). The molecule has 9 heteroatoms. The normalized spacial score (nSPS) is 17.9. The number of amides is 4. The zero-order valence-corrected chi connectivity index (χ0v) is 17.1. The Balaban J connectivity index is 1.37. The highest BCUT2D eigenvalue weighted by Crippen LogP contribution is 2.26. The van der Waals surface area contributed by atoms with E-state index in [9.17, 15) is 14.4 Å². The number of imide groups is 1. The molecule has 0 bridgehead atoms. The van der Waals surface area contributed by atoms with E-state index in [0.29, 0.717) is 29.5 Å². The van der Waals surface area contributed by atoms with Gasteiger partial charge in [-0.05, 0) is 43.7 Å². The van der Waals surface area contributed by atoms with Crippen molar-refractivity contribution in [3.63, 3.8) is 0 Å². The lowest BCUT2D eigenvalue weighted by Crippen LogP contribution is -2.40. The molecule has 9 nitrogen and oxygen atoms in total. The van der Waals surface area contributed by atoms with Crippen molar-refractivity contribution in [2.75, 3.05) is 5.32 Å². The first-order valence-corrected chi connectivity index (χ1v) is 9.77. The quantitative estimate of drug-likeness (QED) is 0.527. The van der Waals surface area contributed by atoms with Gasteiger partial charge in [0.1, 0.15) is 5.54 Å². The van der Waals surface area contributed by atoms with Crippen molar-refractivity contribution in [1.29, 1.82) is 0 Å². The number of nitrogens with one attached hydrogen (secondary N) is 3. The Morgan fingerprint density at radius 2 is 1.90 bits per heavy atom. The first-order chi connectivity index (χ1) is 14.8. The highest BCUT2D eigenvalue weighted by molar-refractivity contribution is 6.07. The number of hydrogen-bond acceptors (Lipinski definition) is 6. The molecular weight excluding hydrogens is 398 g/mol. The van der Waals surface area contributed by atoms with Gasteiger partial charge in [0.25, 0.3) is 5.91 Å². The van der Waals surface area contributed by atoms with Crippen LogP contribution >= 0.6 is 0 Å². The third kappa shape index (κ3) is 4.30. The Kier molecular flexibility index (Phi) is 5.24. The van der Waals surface area contributed by atoms with Gasteiger partial charge in [-0.15, -0.1) is 10.2 Å². The molecule has 1 aliphatic rings. The molecule has 3 N–H and O–H groups in total. The number of nitrogens with zero attached hydrogens (tertiary/aromatic N) is 2. The SMILES string of the molecule is Cc1ccc(-c2nnc(CCC(=O)Nc3cccc(C4(C)NC(=O)NC4=O)c3)o2)cc1. The Morgan fingerprint density at radius 3 is 2.61 bits per heavy atom. The number of aromatic nitrogens is 2. The zero-order valence-electron chi connectivity index (χ0n) is 17.1. The second-order valence-corrected chi connectivity index (χ2v) is 7.53. The molecule has 0 spiro atoms. The minimum atomic E-state index is -1.19. The predicted molar refractivity (Wildman–Crippen MR) is 112 cm³/mol. The molecule has 1 saturated heterocycles. The molecule has 1 aromatic heterocycles. The zero-order chi connectivity index (χ0) is 22.0. The van der Waals surface area contributed by atoms with E-state index in [-0.39, 0.29) is 12.3 Å². The average molecular weight is 419 g/mol. The fraction of sp³-hybridized carbons (Fsp3) is 0.227. The van der Waals surface area contributed by atoms with Crippen LogP contribution in [0.4, 0.5) is 10.5 Å². The van der Waals surface area contributed by atoms with Crippen LogP contribution in [0.25, 0.3) is 11.5 Å². The summed E-state index contributed by atoms with van der Waals surface area (Å²) < 4.78 is 5.65. The number of urea groups is 1. The summed E-state index contributed by atoms with van der Waals surface area (Å²) >= 11 is 0. The Hall–Kier alpha value is -4.01. The van der Waals surface area contributed by atoms with E-state index < -0.39 is 17.5 Å². The third-order valence-electron chi connectivity index (χ3n) is 5.10. The minimum absolute atomic E-state index is 0.147. The van der Waals surface area contributed by atoms with Crippen molar-refractivity contribution >= 4 is 23.5 Å². The second kappa shape index (κ2) is 8.02. The van der Waals surface area contributed by atoms with Gasteiger partial charge in [0.15, 0.2) is 0 Å². The number of carbonyl (C=O) groups is 3. The molecule has 31 heavy (non-hydrogen) atoms. The summed E-state index contributed by atoms with van der Waals surface area (Å²) in [7, 11) is 0. The third-order valence-corrected chi connectivity index (χ3v) is 5.10. The lowest BCUT2D eigenvalue weighted by atomic mass is 9.92. The number of benzene rings is 2. The van der Waals surface area contributed by atoms with Gasteiger partial charge in [-0.3, -0.25) is 14.9 Å². The van der Waals surface area contributed by atoms with Crippen LogP contribution in [0.2, 0.25) is 0 Å². The van der Waals surface area contributed by atoms with Gasteiger partial charge < -0.3 is 15.1 Å². The van der Waals surface area contributed by atoms with E-state index in [2.05, 4.69) is 26.1 Å². The van der Waals surface area contributed by atoms with Gasteiger partial charge in [-0.2, -0.15) is 0 Å². The van der Waals surface area contributed by atoms with E-state index in [1.54, 1.807) is 31.2 Å². The van der Waals surface area contributed by atoms with Crippen LogP contribution in [0, 0.1) is 6.92 Å². The largest absolute Gasteiger partial charge is 0.421 e. The van der Waals surface area contributed by atoms with Gasteiger partial charge in [0.2, 0.25) is 17.7 Å². The van der Waals surface area contributed by atoms with Crippen molar-refractivity contribution in [2.45, 2.75) is 32.2 Å². The number of carbonyl (C=O) groups excluding carboxylic acids is 3. The topological polar surface area (TPSA) is 126 Å². The van der Waals surface area contributed by atoms with Gasteiger partial charge >= 0.3 is 6.03 Å². The molecular formula is C22H21N5O4. The molecule has 1 unspecified atom stereocenters. The molecule has 2 heterocycles. The average Bonchev–Trinajstić information content (AvgIpc) is 3.31. The lowest BCUT2D eigenvalue weighted by Gasteiger charge is -2.21. The Morgan fingerprint density at radius 1 is 1.13 bits per heavy atom. The van der Waals surface area contributed by atoms with Crippen LogP contribution in [-0.4, -0.2) is 28.0 Å². The first kappa shape index (κ1) is 20.3. The maximum Gasteiger partial charge on any atom is 0.322 e. The predicted octanol–water partition coefficient (Wildman–Crippen LogP) is 2.67. The lowest BCUT2D eigenvalue weighted by molar-refractivity contribution is -0.123. The van der Waals surface area contributed by atoms with Crippen molar-refractivity contribution in [1.82, 2.24) is 20.8 Å². The molecule has 4 amide bonds. The van der Waals surface area contributed by atoms with Gasteiger partial charge in [-0.25, -0.2) is 4.79 Å². The highest BCUT2D eigenvalue weighted by atomic mass is 16.4. The van der Waals surface area contributed by atoms with Crippen molar-refractivity contribution in [3.05, 3.63) is 65.5 Å².